The van der Waals surface area contributed by atoms with E-state index in [1.165, 1.54) is 0 Å². The molecular formula is C54H46ClF15N6O12S3. The molecule has 6 atom stereocenters. The zero-order chi connectivity index (χ0) is 67.8. The Labute approximate surface area is 510 Å². The van der Waals surface area contributed by atoms with Crippen molar-refractivity contribution in [1.82, 2.24) is 13.9 Å². The predicted molar refractivity (Wildman–Crippen MR) is 292 cm³/mol. The number of alkyl halides is 3. The summed E-state index contributed by atoms with van der Waals surface area (Å²) in [4.78, 5) is 33.8. The maximum Gasteiger partial charge on any atom is 0.264 e. The van der Waals surface area contributed by atoms with Crippen LogP contribution < -0.4 is 21.3 Å². The highest BCUT2D eigenvalue weighted by Crippen LogP contribution is 2.30. The molecule has 6 aromatic carbocycles. The van der Waals surface area contributed by atoms with Gasteiger partial charge >= 0.3 is 0 Å². The number of benzene rings is 6. The molecule has 3 amide bonds. The lowest BCUT2D eigenvalue weighted by molar-refractivity contribution is 0.0302. The van der Waals surface area contributed by atoms with Gasteiger partial charge in [-0.25, -0.2) is 91.1 Å². The molecule has 91 heavy (non-hydrogen) atoms. The molecule has 3 aliphatic heterocycles. The molecule has 3 heterocycles. The van der Waals surface area contributed by atoms with Crippen LogP contribution in [-0.2, 0) is 29.1 Å². The van der Waals surface area contributed by atoms with E-state index in [9.17, 15) is 116 Å². The van der Waals surface area contributed by atoms with Crippen LogP contribution in [0.5, 0.6) is 0 Å². The van der Waals surface area contributed by atoms with E-state index in [4.69, 9.17) is 15.8 Å². The quantitative estimate of drug-likeness (QED) is 0.0366. The number of sulfonamides is 2. The summed E-state index contributed by atoms with van der Waals surface area (Å²) in [6, 6.07) is 10.0. The van der Waals surface area contributed by atoms with E-state index in [-0.39, 0.29) is 42.6 Å². The van der Waals surface area contributed by atoms with Gasteiger partial charge in [0.05, 0.1) is 18.3 Å². The van der Waals surface area contributed by atoms with Gasteiger partial charge < -0.3 is 36.6 Å². The number of aliphatic hydroxyl groups is 3. The summed E-state index contributed by atoms with van der Waals surface area (Å²) >= 11 is 0. The van der Waals surface area contributed by atoms with E-state index in [1.807, 2.05) is 16.0 Å². The third-order valence-corrected chi connectivity index (χ3v) is 18.2. The molecule has 6 unspecified atom stereocenters. The number of anilines is 3. The van der Waals surface area contributed by atoms with Crippen LogP contribution in [0.25, 0.3) is 0 Å². The summed E-state index contributed by atoms with van der Waals surface area (Å²) in [5.41, 5.74) is -2.41. The molecule has 494 valence electrons. The van der Waals surface area contributed by atoms with Crippen molar-refractivity contribution in [2.75, 3.05) is 55.2 Å². The molecule has 3 saturated heterocycles. The van der Waals surface area contributed by atoms with Crippen molar-refractivity contribution >= 4 is 74.6 Å². The topological polar surface area (TPSA) is 269 Å². The van der Waals surface area contributed by atoms with Gasteiger partial charge in [0.1, 0.15) is 50.7 Å². The van der Waals surface area contributed by atoms with Crippen LogP contribution >= 0.6 is 10.7 Å². The predicted octanol–water partition coefficient (Wildman–Crippen LogP) is 8.28. The molecule has 18 nitrogen and oxygen atoms in total. The number of piperidine rings is 3. The van der Waals surface area contributed by atoms with Crippen molar-refractivity contribution in [2.45, 2.75) is 70.8 Å². The second-order valence-electron chi connectivity index (χ2n) is 19.5. The summed E-state index contributed by atoms with van der Waals surface area (Å²) < 4.78 is 274. The van der Waals surface area contributed by atoms with Crippen molar-refractivity contribution in [1.29, 1.82) is 0 Å². The first-order valence-electron chi connectivity index (χ1n) is 25.8. The lowest BCUT2D eigenvalue weighted by Gasteiger charge is -2.31. The SMILES string of the molecule is O=C(Nc1cc(F)c(F)c(F)c1)c1ccc(F)c(S(=O)(=O)Cl)c1.O=C(Nc1cc(F)c(F)c(F)c1)c1ccc(F)c(S(=O)(=O)N2CCC(O)C(F)C2)c1.O=C(Nc1cc(F)c(F)c(F)c1)c1ccc(F)c(S(=O)(=O)N2CCC(O)C(F)C2)c1.OC1CCNCC1F. The second-order valence-corrected chi connectivity index (χ2v) is 25.9. The largest absolute Gasteiger partial charge is 0.390 e. The Hall–Kier alpha value is -7.42. The number of hydrogen-bond acceptors (Lipinski definition) is 13. The second kappa shape index (κ2) is 30.3. The fourth-order valence-corrected chi connectivity index (χ4v) is 12.3. The molecule has 7 N–H and O–H groups in total. The summed E-state index contributed by atoms with van der Waals surface area (Å²) in [6.45, 7) is -0.842. The summed E-state index contributed by atoms with van der Waals surface area (Å²) in [5.74, 6) is -21.1. The van der Waals surface area contributed by atoms with Crippen LogP contribution in [0.1, 0.15) is 50.3 Å². The zero-order valence-electron chi connectivity index (χ0n) is 45.7. The highest BCUT2D eigenvalue weighted by atomic mass is 35.7. The van der Waals surface area contributed by atoms with Crippen molar-refractivity contribution in [2.24, 2.45) is 0 Å². The number of nitrogens with zero attached hydrogens (tertiary/aromatic N) is 2. The minimum Gasteiger partial charge on any atom is -0.390 e. The Morgan fingerprint density at radius 2 is 0.714 bits per heavy atom. The first-order valence-corrected chi connectivity index (χ1v) is 31.0. The Kier molecular flexibility index (Phi) is 24.2. The number of carbonyl (C=O) groups is 3. The van der Waals surface area contributed by atoms with Crippen LogP contribution in [0, 0.1) is 69.8 Å². The number of nitrogens with one attached hydrogen (secondary N) is 4. The van der Waals surface area contributed by atoms with Crippen molar-refractivity contribution in [3.05, 3.63) is 177 Å². The number of rotatable bonds is 11. The van der Waals surface area contributed by atoms with Gasteiger partial charge in [0.2, 0.25) is 20.0 Å². The molecule has 9 rings (SSSR count). The Bertz CT molecular complexity index is 3830. The first-order chi connectivity index (χ1) is 42.4. The molecule has 0 bridgehead atoms. The summed E-state index contributed by atoms with van der Waals surface area (Å²) in [6.07, 6.45) is -8.00. The molecule has 37 heteroatoms. The number of amides is 3. The van der Waals surface area contributed by atoms with Gasteiger partial charge in [-0.3, -0.25) is 14.4 Å². The summed E-state index contributed by atoms with van der Waals surface area (Å²) in [5, 5.41) is 36.5. The molecule has 3 aliphatic rings. The van der Waals surface area contributed by atoms with Gasteiger partial charge in [-0.05, 0) is 80.4 Å². The van der Waals surface area contributed by atoms with E-state index >= 15 is 0 Å². The van der Waals surface area contributed by atoms with E-state index in [2.05, 4.69) is 5.32 Å². The smallest absolute Gasteiger partial charge is 0.264 e. The van der Waals surface area contributed by atoms with Gasteiger partial charge in [-0.15, -0.1) is 0 Å². The maximum absolute atomic E-state index is 14.2. The Balaban J connectivity index is 0.000000206. The Morgan fingerprint density at radius 1 is 0.429 bits per heavy atom. The molecule has 0 aliphatic carbocycles. The van der Waals surface area contributed by atoms with Gasteiger partial charge in [0.15, 0.2) is 52.4 Å². The normalized spacial score (nSPS) is 19.7. The minimum absolute atomic E-state index is 0.191. The average Bonchev–Trinajstić information content (AvgIpc) is 0.829. The monoisotopic (exact) mass is 1390 g/mol. The lowest BCUT2D eigenvalue weighted by atomic mass is 10.1. The fraction of sp³-hybridized carbons (Fsp3) is 0.278. The maximum atomic E-state index is 14.2. The van der Waals surface area contributed by atoms with Crippen LogP contribution in [-0.4, -0.2) is 143 Å². The molecular weight excluding hydrogens is 1340 g/mol. The van der Waals surface area contributed by atoms with E-state index in [0.717, 1.165) is 24.7 Å². The van der Waals surface area contributed by atoms with Gasteiger partial charge in [-0.1, -0.05) is 0 Å². The molecule has 0 radical (unpaired) electrons. The molecule has 0 aromatic heterocycles. The van der Waals surface area contributed by atoms with E-state index in [0.29, 0.717) is 94.4 Å². The van der Waals surface area contributed by atoms with Gasteiger partial charge in [0, 0.05) is 114 Å². The minimum atomic E-state index is -4.54. The van der Waals surface area contributed by atoms with Gasteiger partial charge in [-0.2, -0.15) is 8.61 Å². The third kappa shape index (κ3) is 18.4. The fourth-order valence-electron chi connectivity index (χ4n) is 8.26. The number of aliphatic hydroxyl groups excluding tert-OH is 3. The molecule has 6 aromatic rings. The van der Waals surface area contributed by atoms with Gasteiger partial charge in [0.25, 0.3) is 26.8 Å². The Morgan fingerprint density at radius 3 is 0.978 bits per heavy atom. The van der Waals surface area contributed by atoms with Crippen LogP contribution in [0.15, 0.2) is 106 Å². The zero-order valence-corrected chi connectivity index (χ0v) is 48.9. The lowest BCUT2D eigenvalue weighted by Crippen LogP contribution is -2.47. The molecule has 0 spiro atoms. The van der Waals surface area contributed by atoms with Crippen molar-refractivity contribution in [3.8, 4) is 0 Å². The number of carbonyl (C=O) groups excluding carboxylic acids is 3. The standard InChI is InChI=1S/2C18H15F5N2O4S.C13H6ClF4NO3S.C5H10FNO/c2*19-11-2-1-9(18(27)24-10-6-12(20)17(23)13(21)7-10)5-16(11)30(28,29)25-4-3-15(26)14(22)8-25;14-23(21,22)11-3-6(1-2-8(11)15)13(20)19-7-4-9(16)12(18)10(17)5-7;6-4-3-7-2-1-5(4)8/h2*1-2,5-7,14-15,26H,3-4,8H2,(H,24,27);1-5H,(H,19,20);4-5,7-8H,1-3H2. The third-order valence-electron chi connectivity index (χ3n) is 13.1. The van der Waals surface area contributed by atoms with Crippen LogP contribution in [0.2, 0.25) is 0 Å². The van der Waals surface area contributed by atoms with Crippen molar-refractivity contribution in [3.63, 3.8) is 0 Å². The molecule has 0 saturated carbocycles. The van der Waals surface area contributed by atoms with E-state index < -0.39 is 198 Å². The van der Waals surface area contributed by atoms with Crippen molar-refractivity contribution < 1.29 is 121 Å². The van der Waals surface area contributed by atoms with Crippen LogP contribution in [0.4, 0.5) is 82.9 Å². The highest BCUT2D eigenvalue weighted by molar-refractivity contribution is 8.13. The van der Waals surface area contributed by atoms with Crippen LogP contribution in [0.3, 0.4) is 0 Å². The number of hydrogen-bond donors (Lipinski definition) is 7. The number of halogens is 16. The highest BCUT2D eigenvalue weighted by Gasteiger charge is 2.38. The summed E-state index contributed by atoms with van der Waals surface area (Å²) in [7, 11) is -8.49. The average molecular weight is 1390 g/mol. The van der Waals surface area contributed by atoms with E-state index in [1.54, 1.807) is 0 Å². The molecule has 3 fully saturated rings. The first kappa shape index (κ1) is 72.6.